The fraction of sp³-hybridized carbons (Fsp3) is 0.350. The Bertz CT molecular complexity index is 958. The number of para-hydroxylation sites is 2. The highest BCUT2D eigenvalue weighted by atomic mass is 127. The molecule has 9 nitrogen and oxygen atoms in total. The van der Waals surface area contributed by atoms with Crippen LogP contribution in [-0.2, 0) is 6.54 Å². The van der Waals surface area contributed by atoms with Crippen LogP contribution in [0.15, 0.2) is 52.1 Å². The maximum Gasteiger partial charge on any atom is 0.216 e. The normalized spacial score (nSPS) is 16.3. The van der Waals surface area contributed by atoms with Gasteiger partial charge in [0, 0.05) is 26.2 Å². The van der Waals surface area contributed by atoms with E-state index < -0.39 is 0 Å². The first-order valence-electron chi connectivity index (χ1n) is 9.57. The van der Waals surface area contributed by atoms with Gasteiger partial charge in [-0.25, -0.2) is 4.98 Å². The number of guanidine groups is 1. The van der Waals surface area contributed by atoms with Crippen LogP contribution < -0.4 is 20.3 Å². The minimum absolute atomic E-state index is 0. The molecule has 4 rings (SSSR count). The van der Waals surface area contributed by atoms with E-state index in [1.807, 2.05) is 30.3 Å². The maximum absolute atomic E-state index is 5.49. The zero-order valence-electron chi connectivity index (χ0n) is 17.0. The Morgan fingerprint density at radius 2 is 2.20 bits per heavy atom. The number of furan rings is 1. The molecule has 3 aromatic rings. The molecule has 1 unspecified atom stereocenters. The van der Waals surface area contributed by atoms with Crippen molar-refractivity contribution in [2.45, 2.75) is 19.0 Å². The van der Waals surface area contributed by atoms with Gasteiger partial charge >= 0.3 is 0 Å². The molecule has 0 bridgehead atoms. The molecule has 30 heavy (non-hydrogen) atoms. The van der Waals surface area contributed by atoms with Crippen molar-refractivity contribution < 1.29 is 9.15 Å². The first-order chi connectivity index (χ1) is 14.3. The van der Waals surface area contributed by atoms with E-state index in [4.69, 9.17) is 9.15 Å². The number of nitrogens with zero attached hydrogens (tertiary/aromatic N) is 4. The molecule has 3 N–H and O–H groups in total. The molecular formula is C20H26IN7O2. The average Bonchev–Trinajstić information content (AvgIpc) is 3.52. The Balaban J connectivity index is 0.00000256. The fourth-order valence-corrected chi connectivity index (χ4v) is 3.43. The van der Waals surface area contributed by atoms with Crippen molar-refractivity contribution in [2.24, 2.45) is 4.99 Å². The molecule has 0 amide bonds. The minimum Gasteiger partial charge on any atom is -0.495 e. The van der Waals surface area contributed by atoms with Crippen molar-refractivity contribution >= 4 is 35.6 Å². The van der Waals surface area contributed by atoms with Crippen LogP contribution >= 0.6 is 24.0 Å². The van der Waals surface area contributed by atoms with Crippen molar-refractivity contribution in [2.75, 3.05) is 32.1 Å². The van der Waals surface area contributed by atoms with Gasteiger partial charge in [-0.15, -0.1) is 29.1 Å². The van der Waals surface area contributed by atoms with E-state index in [9.17, 15) is 0 Å². The summed E-state index contributed by atoms with van der Waals surface area (Å²) in [5.41, 5.74) is 1.12. The topological polar surface area (TPSA) is 104 Å². The molecular weight excluding hydrogens is 497 g/mol. The van der Waals surface area contributed by atoms with Gasteiger partial charge < -0.3 is 24.7 Å². The van der Waals surface area contributed by atoms with Gasteiger partial charge in [0.05, 0.1) is 25.6 Å². The number of methoxy groups -OCH3 is 1. The first kappa shape index (κ1) is 21.9. The number of anilines is 1. The summed E-state index contributed by atoms with van der Waals surface area (Å²) in [6, 6.07) is 12.0. The summed E-state index contributed by atoms with van der Waals surface area (Å²) in [6.07, 6.45) is 2.62. The Morgan fingerprint density at radius 1 is 1.33 bits per heavy atom. The van der Waals surface area contributed by atoms with Crippen LogP contribution in [0.5, 0.6) is 5.75 Å². The molecule has 1 aliphatic rings. The summed E-state index contributed by atoms with van der Waals surface area (Å²) >= 11 is 0. The predicted octanol–water partition coefficient (Wildman–Crippen LogP) is 2.64. The smallest absolute Gasteiger partial charge is 0.216 e. The van der Waals surface area contributed by atoms with Crippen LogP contribution in [-0.4, -0.2) is 54.4 Å². The van der Waals surface area contributed by atoms with E-state index >= 15 is 0 Å². The highest BCUT2D eigenvalue weighted by molar-refractivity contribution is 14.0. The number of aliphatic imine (C=N–C) groups is 1. The van der Waals surface area contributed by atoms with Gasteiger partial charge in [-0.1, -0.05) is 12.1 Å². The molecule has 1 aromatic carbocycles. The van der Waals surface area contributed by atoms with E-state index in [-0.39, 0.29) is 24.0 Å². The minimum atomic E-state index is 0. The van der Waals surface area contributed by atoms with Crippen LogP contribution in [0.3, 0.4) is 0 Å². The van der Waals surface area contributed by atoms with Crippen molar-refractivity contribution in [3.05, 3.63) is 48.5 Å². The summed E-state index contributed by atoms with van der Waals surface area (Å²) < 4.78 is 10.8. The molecule has 1 saturated heterocycles. The Morgan fingerprint density at radius 3 is 2.97 bits per heavy atom. The Labute approximate surface area is 192 Å². The molecule has 1 fully saturated rings. The van der Waals surface area contributed by atoms with Gasteiger partial charge in [0.1, 0.15) is 11.6 Å². The van der Waals surface area contributed by atoms with Crippen LogP contribution in [0.2, 0.25) is 0 Å². The number of aromatic nitrogens is 3. The van der Waals surface area contributed by atoms with Gasteiger partial charge in [-0.05, 0) is 30.7 Å². The number of aromatic amines is 1. The average molecular weight is 523 g/mol. The molecule has 2 aromatic heterocycles. The molecule has 1 aliphatic heterocycles. The lowest BCUT2D eigenvalue weighted by Gasteiger charge is -2.22. The zero-order valence-corrected chi connectivity index (χ0v) is 19.3. The summed E-state index contributed by atoms with van der Waals surface area (Å²) in [4.78, 5) is 11.1. The molecule has 3 heterocycles. The van der Waals surface area contributed by atoms with Gasteiger partial charge in [-0.3, -0.25) is 10.1 Å². The summed E-state index contributed by atoms with van der Waals surface area (Å²) in [5.74, 6) is 3.51. The number of hydrogen-bond acceptors (Lipinski definition) is 6. The number of H-pyrrole nitrogens is 1. The van der Waals surface area contributed by atoms with E-state index in [2.05, 4.69) is 41.8 Å². The van der Waals surface area contributed by atoms with Crippen LogP contribution in [0, 0.1) is 0 Å². The second kappa shape index (κ2) is 10.3. The number of ether oxygens (including phenoxy) is 1. The third kappa shape index (κ3) is 5.04. The van der Waals surface area contributed by atoms with E-state index in [1.165, 1.54) is 0 Å². The monoisotopic (exact) mass is 523 g/mol. The lowest BCUT2D eigenvalue weighted by molar-refractivity contribution is 0.415. The first-order valence-corrected chi connectivity index (χ1v) is 9.57. The van der Waals surface area contributed by atoms with Crippen molar-refractivity contribution in [1.82, 2.24) is 25.8 Å². The van der Waals surface area contributed by atoms with Crippen LogP contribution in [0.1, 0.15) is 12.2 Å². The summed E-state index contributed by atoms with van der Waals surface area (Å²) in [6.45, 7) is 2.33. The standard InChI is InChI=1S/C20H25N7O2.HI/c1-21-20(22-12-18-24-19(26-25-18)17-8-5-11-29-17)23-14-9-10-27(13-14)15-6-3-4-7-16(15)28-2;/h3-8,11,14H,9-10,12-13H2,1-2H3,(H2,21,22,23)(H,24,25,26);1H. The van der Waals surface area contributed by atoms with Gasteiger partial charge in [-0.2, -0.15) is 0 Å². The van der Waals surface area contributed by atoms with E-state index in [0.29, 0.717) is 30.0 Å². The van der Waals surface area contributed by atoms with Crippen LogP contribution in [0.4, 0.5) is 5.69 Å². The third-order valence-corrected chi connectivity index (χ3v) is 4.88. The zero-order chi connectivity index (χ0) is 20.1. The van der Waals surface area contributed by atoms with Gasteiger partial charge in [0.15, 0.2) is 11.7 Å². The third-order valence-electron chi connectivity index (χ3n) is 4.88. The SMILES string of the molecule is CN=C(NCc1nc(-c2ccco2)n[nH]1)NC1CCN(c2ccccc2OC)C1.I. The number of halogens is 1. The quantitative estimate of drug-likeness (QED) is 0.259. The number of rotatable bonds is 6. The van der Waals surface area contributed by atoms with Crippen molar-refractivity contribution in [3.8, 4) is 17.3 Å². The maximum atomic E-state index is 5.49. The number of nitrogens with one attached hydrogen (secondary N) is 3. The van der Waals surface area contributed by atoms with Crippen molar-refractivity contribution in [1.29, 1.82) is 0 Å². The Kier molecular flexibility index (Phi) is 7.55. The molecule has 0 spiro atoms. The lowest BCUT2D eigenvalue weighted by atomic mass is 10.2. The molecule has 0 aliphatic carbocycles. The van der Waals surface area contributed by atoms with E-state index in [1.54, 1.807) is 20.4 Å². The number of benzene rings is 1. The second-order valence-corrected chi connectivity index (χ2v) is 6.76. The van der Waals surface area contributed by atoms with E-state index in [0.717, 1.165) is 36.9 Å². The van der Waals surface area contributed by atoms with Crippen LogP contribution in [0.25, 0.3) is 11.6 Å². The predicted molar refractivity (Wildman–Crippen MR) is 126 cm³/mol. The molecule has 10 heteroatoms. The second-order valence-electron chi connectivity index (χ2n) is 6.76. The molecule has 1 atom stereocenters. The van der Waals surface area contributed by atoms with Gasteiger partial charge in [0.2, 0.25) is 5.82 Å². The highest BCUT2D eigenvalue weighted by Gasteiger charge is 2.25. The van der Waals surface area contributed by atoms with Gasteiger partial charge in [0.25, 0.3) is 0 Å². The highest BCUT2D eigenvalue weighted by Crippen LogP contribution is 2.30. The Hall–Kier alpha value is -2.76. The fourth-order valence-electron chi connectivity index (χ4n) is 3.43. The largest absolute Gasteiger partial charge is 0.495 e. The molecule has 0 saturated carbocycles. The molecule has 160 valence electrons. The van der Waals surface area contributed by atoms with Crippen molar-refractivity contribution in [3.63, 3.8) is 0 Å². The summed E-state index contributed by atoms with van der Waals surface area (Å²) in [5, 5.41) is 13.9. The molecule has 0 radical (unpaired) electrons. The lowest BCUT2D eigenvalue weighted by Crippen LogP contribution is -2.44. The number of hydrogen-bond donors (Lipinski definition) is 3. The summed E-state index contributed by atoms with van der Waals surface area (Å²) in [7, 11) is 3.47.